The molecule has 10 nitrogen and oxygen atoms in total. The summed E-state index contributed by atoms with van der Waals surface area (Å²) in [5, 5.41) is 36.7. The van der Waals surface area contributed by atoms with Gasteiger partial charge in [0.25, 0.3) is 0 Å². The van der Waals surface area contributed by atoms with Crippen LogP contribution in [0.15, 0.2) is 32.6 Å². The van der Waals surface area contributed by atoms with Crippen LogP contribution >= 0.6 is 23.1 Å². The summed E-state index contributed by atoms with van der Waals surface area (Å²) in [5.74, 6) is 0.554. The zero-order valence-corrected chi connectivity index (χ0v) is 17.1. The number of hydrogen-bond acceptors (Lipinski definition) is 12. The summed E-state index contributed by atoms with van der Waals surface area (Å²) < 4.78 is 8.15. The molecule has 0 aliphatic heterocycles. The molecule has 3 rings (SSSR count). The standard InChI is InChI=1S/C16H15N9OS2/c1-8-10(7-17)15(27-23-8)21-20-12-5-11(13(25(3)4)6-14(12)26)19-22-16-18-9(2)24-28-16/h5-6,26H,1-4H3/b21-20+,22-19+. The Morgan fingerprint density at radius 1 is 1.04 bits per heavy atom. The predicted molar refractivity (Wildman–Crippen MR) is 107 cm³/mol. The van der Waals surface area contributed by atoms with Gasteiger partial charge in [-0.2, -0.15) is 14.0 Å². The van der Waals surface area contributed by atoms with E-state index in [1.54, 1.807) is 24.8 Å². The van der Waals surface area contributed by atoms with E-state index in [-0.39, 0.29) is 11.4 Å². The Bertz CT molecular complexity index is 1110. The van der Waals surface area contributed by atoms with Gasteiger partial charge < -0.3 is 10.0 Å². The predicted octanol–water partition coefficient (Wildman–Crippen LogP) is 5.09. The van der Waals surface area contributed by atoms with Crippen LogP contribution < -0.4 is 4.90 Å². The molecule has 28 heavy (non-hydrogen) atoms. The van der Waals surface area contributed by atoms with Gasteiger partial charge in [-0.15, -0.1) is 20.5 Å². The minimum absolute atomic E-state index is 0.0714. The van der Waals surface area contributed by atoms with Crippen LogP contribution in [-0.4, -0.2) is 32.9 Å². The summed E-state index contributed by atoms with van der Waals surface area (Å²) in [7, 11) is 3.65. The zero-order chi connectivity index (χ0) is 20.3. The zero-order valence-electron chi connectivity index (χ0n) is 15.4. The highest BCUT2D eigenvalue weighted by Gasteiger charge is 2.13. The molecule has 3 aromatic rings. The smallest absolute Gasteiger partial charge is 0.249 e. The molecule has 0 atom stereocenters. The third-order valence-electron chi connectivity index (χ3n) is 3.52. The van der Waals surface area contributed by atoms with Gasteiger partial charge in [-0.25, -0.2) is 4.98 Å². The molecular weight excluding hydrogens is 398 g/mol. The minimum atomic E-state index is -0.0714. The van der Waals surface area contributed by atoms with Crippen LogP contribution in [0.1, 0.15) is 17.1 Å². The maximum Gasteiger partial charge on any atom is 0.249 e. The third kappa shape index (κ3) is 4.16. The van der Waals surface area contributed by atoms with Gasteiger partial charge in [0.05, 0.1) is 11.4 Å². The number of nitriles is 1. The van der Waals surface area contributed by atoms with Crippen LogP contribution in [0.3, 0.4) is 0 Å². The van der Waals surface area contributed by atoms with E-state index in [9.17, 15) is 10.4 Å². The van der Waals surface area contributed by atoms with Crippen LogP contribution in [0.2, 0.25) is 0 Å². The van der Waals surface area contributed by atoms with Gasteiger partial charge in [0.2, 0.25) is 5.13 Å². The molecule has 0 aliphatic rings. The summed E-state index contributed by atoms with van der Waals surface area (Å²) in [6.07, 6.45) is 0. The van der Waals surface area contributed by atoms with Gasteiger partial charge >= 0.3 is 0 Å². The molecule has 0 amide bonds. The highest BCUT2D eigenvalue weighted by atomic mass is 32.1. The first-order valence-electron chi connectivity index (χ1n) is 7.93. The number of phenols is 1. The van der Waals surface area contributed by atoms with Crippen molar-refractivity contribution in [2.24, 2.45) is 20.5 Å². The molecule has 1 N–H and O–H groups in total. The van der Waals surface area contributed by atoms with Gasteiger partial charge in [0, 0.05) is 31.7 Å². The van der Waals surface area contributed by atoms with E-state index in [1.165, 1.54) is 6.07 Å². The first-order chi connectivity index (χ1) is 13.4. The lowest BCUT2D eigenvalue weighted by Gasteiger charge is -2.15. The Labute approximate surface area is 168 Å². The topological polar surface area (TPSA) is 135 Å². The highest BCUT2D eigenvalue weighted by molar-refractivity contribution is 7.10. The maximum atomic E-state index is 10.3. The van der Waals surface area contributed by atoms with Crippen molar-refractivity contribution in [3.05, 3.63) is 29.2 Å². The number of aromatic hydroxyl groups is 1. The van der Waals surface area contributed by atoms with Crippen molar-refractivity contribution in [2.45, 2.75) is 13.8 Å². The molecule has 0 spiro atoms. The first-order valence-corrected chi connectivity index (χ1v) is 9.48. The summed E-state index contributed by atoms with van der Waals surface area (Å²) in [6, 6.07) is 5.14. The lowest BCUT2D eigenvalue weighted by Crippen LogP contribution is -2.08. The monoisotopic (exact) mass is 413 g/mol. The van der Waals surface area contributed by atoms with E-state index in [4.69, 9.17) is 0 Å². The fourth-order valence-corrected chi connectivity index (χ4v) is 3.33. The fourth-order valence-electron chi connectivity index (χ4n) is 2.15. The summed E-state index contributed by atoms with van der Waals surface area (Å²) in [4.78, 5) is 5.94. The van der Waals surface area contributed by atoms with E-state index in [0.717, 1.165) is 23.1 Å². The molecule has 142 valence electrons. The lowest BCUT2D eigenvalue weighted by atomic mass is 10.2. The highest BCUT2D eigenvalue weighted by Crippen LogP contribution is 2.40. The van der Waals surface area contributed by atoms with Crippen molar-refractivity contribution < 1.29 is 5.11 Å². The molecule has 0 saturated heterocycles. The number of aryl methyl sites for hydroxylation is 2. The number of phenolic OH excluding ortho intramolecular Hbond substituents is 1. The molecule has 0 aliphatic carbocycles. The first kappa shape index (κ1) is 19.5. The SMILES string of the molecule is Cc1nsc(/N=N/c2cc(/N=N/c3snc(C)c3C#N)c(O)cc2N(C)C)n1. The van der Waals surface area contributed by atoms with E-state index < -0.39 is 0 Å². The number of azo groups is 2. The van der Waals surface area contributed by atoms with Crippen LogP contribution in [-0.2, 0) is 0 Å². The van der Waals surface area contributed by atoms with Gasteiger partial charge in [-0.3, -0.25) is 0 Å². The molecule has 2 heterocycles. The number of anilines is 1. The number of aromatic nitrogens is 3. The Balaban J connectivity index is 1.99. The minimum Gasteiger partial charge on any atom is -0.506 e. The Hall–Kier alpha value is -3.30. The molecule has 0 fully saturated rings. The molecule has 2 aromatic heterocycles. The van der Waals surface area contributed by atoms with Crippen molar-refractivity contribution in [1.82, 2.24) is 13.7 Å². The number of rotatable bonds is 5. The van der Waals surface area contributed by atoms with Crippen LogP contribution in [0.25, 0.3) is 0 Å². The van der Waals surface area contributed by atoms with Crippen LogP contribution in [0.5, 0.6) is 5.75 Å². The lowest BCUT2D eigenvalue weighted by molar-refractivity contribution is 0.476. The van der Waals surface area contributed by atoms with Crippen molar-refractivity contribution in [3.63, 3.8) is 0 Å². The number of hydrogen-bond donors (Lipinski definition) is 1. The van der Waals surface area contributed by atoms with Crippen molar-refractivity contribution >= 4 is 50.3 Å². The van der Waals surface area contributed by atoms with Gasteiger partial charge in [0.1, 0.15) is 34.6 Å². The number of nitrogens with zero attached hydrogens (tertiary/aromatic N) is 9. The normalized spacial score (nSPS) is 11.4. The summed E-state index contributed by atoms with van der Waals surface area (Å²) >= 11 is 2.21. The van der Waals surface area contributed by atoms with E-state index in [0.29, 0.717) is 38.6 Å². The Kier molecular flexibility index (Phi) is 5.67. The molecule has 0 saturated carbocycles. The van der Waals surface area contributed by atoms with Crippen molar-refractivity contribution in [3.8, 4) is 11.8 Å². The summed E-state index contributed by atoms with van der Waals surface area (Å²) in [6.45, 7) is 3.50. The van der Waals surface area contributed by atoms with Gasteiger partial charge in [-0.1, -0.05) is 0 Å². The Morgan fingerprint density at radius 3 is 2.43 bits per heavy atom. The molecule has 0 radical (unpaired) electrons. The van der Waals surface area contributed by atoms with E-state index in [1.807, 2.05) is 14.1 Å². The van der Waals surface area contributed by atoms with E-state index in [2.05, 4.69) is 40.3 Å². The maximum absolute atomic E-state index is 10.3. The molecule has 0 bridgehead atoms. The van der Waals surface area contributed by atoms with Crippen LogP contribution in [0.4, 0.5) is 27.2 Å². The third-order valence-corrected chi connectivity index (χ3v) is 5.03. The quantitative estimate of drug-likeness (QED) is 0.579. The molecule has 0 unspecified atom stereocenters. The van der Waals surface area contributed by atoms with E-state index >= 15 is 0 Å². The largest absolute Gasteiger partial charge is 0.506 e. The number of benzene rings is 1. The second-order valence-corrected chi connectivity index (χ2v) is 7.29. The fraction of sp³-hybridized carbons (Fsp3) is 0.250. The van der Waals surface area contributed by atoms with Crippen molar-refractivity contribution in [2.75, 3.05) is 19.0 Å². The van der Waals surface area contributed by atoms with Gasteiger partial charge in [-0.05, 0) is 31.4 Å². The van der Waals surface area contributed by atoms with Crippen molar-refractivity contribution in [1.29, 1.82) is 5.26 Å². The molecule has 1 aromatic carbocycles. The average molecular weight is 413 g/mol. The second-order valence-electron chi connectivity index (χ2n) is 5.81. The molecular formula is C16H15N9OS2. The van der Waals surface area contributed by atoms with Gasteiger partial charge in [0.15, 0.2) is 5.00 Å². The molecule has 12 heteroatoms. The average Bonchev–Trinajstić information content (AvgIpc) is 3.24. The second kappa shape index (κ2) is 8.15. The summed E-state index contributed by atoms with van der Waals surface area (Å²) in [5.41, 5.74) is 2.28. The van der Waals surface area contributed by atoms with Crippen LogP contribution in [0, 0.1) is 25.2 Å². The Morgan fingerprint density at radius 2 is 1.79 bits per heavy atom.